The number of carbonyl (C=O) groups is 3. The van der Waals surface area contributed by atoms with E-state index in [1.54, 1.807) is 6.07 Å². The van der Waals surface area contributed by atoms with Crippen molar-refractivity contribution >= 4 is 29.2 Å². The summed E-state index contributed by atoms with van der Waals surface area (Å²) >= 11 is 5.87. The number of benzene rings is 1. The van der Waals surface area contributed by atoms with Crippen LogP contribution in [0.3, 0.4) is 0 Å². The van der Waals surface area contributed by atoms with Gasteiger partial charge in [0.15, 0.2) is 11.9 Å². The van der Waals surface area contributed by atoms with E-state index >= 15 is 0 Å². The fraction of sp³-hybridized carbons (Fsp3) is 0.450. The Morgan fingerprint density at radius 1 is 1.26 bits per heavy atom. The second-order valence-electron chi connectivity index (χ2n) is 7.36. The number of fused-ring (bicyclic) bond motifs is 1. The van der Waals surface area contributed by atoms with Gasteiger partial charge in [-0.3, -0.25) is 19.1 Å². The van der Waals surface area contributed by atoms with Crippen molar-refractivity contribution < 1.29 is 37.0 Å². The molecule has 11 heteroatoms. The summed E-state index contributed by atoms with van der Waals surface area (Å²) in [6.07, 6.45) is -6.65. The van der Waals surface area contributed by atoms with Crippen LogP contribution in [0, 0.1) is 5.92 Å². The van der Waals surface area contributed by atoms with E-state index in [0.717, 1.165) is 0 Å². The summed E-state index contributed by atoms with van der Waals surface area (Å²) in [6, 6.07) is 4.55. The van der Waals surface area contributed by atoms with Gasteiger partial charge in [0, 0.05) is 29.6 Å². The van der Waals surface area contributed by atoms with Gasteiger partial charge in [0.1, 0.15) is 5.75 Å². The molecule has 1 aromatic rings. The molecule has 0 unspecified atom stereocenters. The van der Waals surface area contributed by atoms with Crippen LogP contribution in [0.5, 0.6) is 5.75 Å². The number of nitrogens with one attached hydrogen (secondary N) is 2. The SMILES string of the molecule is C=C(CCNC(=O)C1CC(OC(F)(F)F)C1)NC(=O)[C@H]1CC(=O)c2cc(Cl)ccc2O1. The molecule has 2 N–H and O–H groups in total. The molecule has 0 saturated heterocycles. The Bertz CT molecular complexity index is 899. The minimum Gasteiger partial charge on any atom is -0.479 e. The highest BCUT2D eigenvalue weighted by molar-refractivity contribution is 6.31. The van der Waals surface area contributed by atoms with E-state index in [1.807, 2.05) is 0 Å². The van der Waals surface area contributed by atoms with Crippen LogP contribution in [-0.2, 0) is 14.3 Å². The number of carbonyl (C=O) groups excluding carboxylic acids is 3. The molecule has 1 heterocycles. The highest BCUT2D eigenvalue weighted by atomic mass is 35.5. The van der Waals surface area contributed by atoms with Gasteiger partial charge >= 0.3 is 6.36 Å². The van der Waals surface area contributed by atoms with Crippen molar-refractivity contribution in [1.82, 2.24) is 10.6 Å². The molecule has 1 fully saturated rings. The molecule has 1 aliphatic carbocycles. The van der Waals surface area contributed by atoms with Crippen LogP contribution in [0.15, 0.2) is 30.5 Å². The lowest BCUT2D eigenvalue weighted by atomic mass is 9.81. The zero-order chi connectivity index (χ0) is 22.8. The summed E-state index contributed by atoms with van der Waals surface area (Å²) in [4.78, 5) is 36.5. The number of Topliss-reactive ketones (excluding diaryl/α,β-unsaturated/α-hetero) is 1. The molecule has 1 atom stereocenters. The Morgan fingerprint density at radius 2 is 1.97 bits per heavy atom. The van der Waals surface area contributed by atoms with Crippen molar-refractivity contribution in [3.63, 3.8) is 0 Å². The van der Waals surface area contributed by atoms with Crippen LogP contribution in [0.1, 0.15) is 36.0 Å². The smallest absolute Gasteiger partial charge is 0.479 e. The number of ketones is 1. The first-order valence-corrected chi connectivity index (χ1v) is 9.90. The van der Waals surface area contributed by atoms with Gasteiger partial charge in [-0.25, -0.2) is 0 Å². The van der Waals surface area contributed by atoms with Crippen LogP contribution in [0.25, 0.3) is 0 Å². The highest BCUT2D eigenvalue weighted by Crippen LogP contribution is 2.35. The monoisotopic (exact) mass is 460 g/mol. The van der Waals surface area contributed by atoms with Gasteiger partial charge in [0.2, 0.25) is 5.91 Å². The van der Waals surface area contributed by atoms with Crippen LogP contribution >= 0.6 is 11.6 Å². The summed E-state index contributed by atoms with van der Waals surface area (Å²) in [6.45, 7) is 3.85. The van der Waals surface area contributed by atoms with Crippen molar-refractivity contribution in [2.75, 3.05) is 6.54 Å². The number of rotatable bonds is 7. The minimum absolute atomic E-state index is 0.00274. The Morgan fingerprint density at radius 3 is 2.65 bits per heavy atom. The Balaban J connectivity index is 1.37. The summed E-state index contributed by atoms with van der Waals surface area (Å²) in [5.41, 5.74) is 0.618. The lowest BCUT2D eigenvalue weighted by Crippen LogP contribution is -2.45. The maximum absolute atomic E-state index is 12.4. The first kappa shape index (κ1) is 23.1. The van der Waals surface area contributed by atoms with Crippen molar-refractivity contribution in [3.8, 4) is 5.75 Å². The third-order valence-electron chi connectivity index (χ3n) is 4.97. The fourth-order valence-corrected chi connectivity index (χ4v) is 3.48. The maximum atomic E-state index is 12.4. The zero-order valence-corrected chi connectivity index (χ0v) is 17.0. The van der Waals surface area contributed by atoms with Gasteiger partial charge in [-0.1, -0.05) is 18.2 Å². The highest BCUT2D eigenvalue weighted by Gasteiger charge is 2.42. The van der Waals surface area contributed by atoms with E-state index in [0.29, 0.717) is 16.3 Å². The number of ether oxygens (including phenoxy) is 2. The maximum Gasteiger partial charge on any atom is 0.522 e. The first-order valence-electron chi connectivity index (χ1n) is 9.52. The average Bonchev–Trinajstić information content (AvgIpc) is 2.63. The summed E-state index contributed by atoms with van der Waals surface area (Å²) in [5, 5.41) is 5.52. The van der Waals surface area contributed by atoms with Gasteiger partial charge < -0.3 is 15.4 Å². The molecule has 2 amide bonds. The van der Waals surface area contributed by atoms with Gasteiger partial charge in [-0.15, -0.1) is 13.2 Å². The van der Waals surface area contributed by atoms with Crippen molar-refractivity contribution in [3.05, 3.63) is 41.1 Å². The molecular weight excluding hydrogens is 441 g/mol. The largest absolute Gasteiger partial charge is 0.522 e. The molecule has 1 aliphatic heterocycles. The van der Waals surface area contributed by atoms with Gasteiger partial charge in [0.05, 0.1) is 18.1 Å². The van der Waals surface area contributed by atoms with Crippen LogP contribution in [-0.4, -0.2) is 42.7 Å². The number of halogens is 4. The van der Waals surface area contributed by atoms with E-state index in [1.165, 1.54) is 12.1 Å². The van der Waals surface area contributed by atoms with Gasteiger partial charge in [-0.05, 0) is 31.0 Å². The summed E-state index contributed by atoms with van der Waals surface area (Å²) in [5.74, 6) is -1.46. The van der Waals surface area contributed by atoms with Crippen molar-refractivity contribution in [1.29, 1.82) is 0 Å². The predicted octanol–water partition coefficient (Wildman–Crippen LogP) is 3.13. The van der Waals surface area contributed by atoms with E-state index in [-0.39, 0.29) is 49.7 Å². The quantitative estimate of drug-likeness (QED) is 0.652. The standard InChI is InChI=1S/C20H20ClF3N2O5/c1-10(4-5-25-18(28)11-6-13(7-11)31-20(22,23)24)26-19(29)17-9-15(27)14-8-12(21)2-3-16(14)30-17/h2-3,8,11,13,17H,1,4-7,9H2,(H,25,28)(H,26,29)/t11?,13?,17-/m1/s1. The first-order chi connectivity index (χ1) is 14.5. The number of alkyl halides is 3. The van der Waals surface area contributed by atoms with Gasteiger partial charge in [-0.2, -0.15) is 0 Å². The Hall–Kier alpha value is -2.59. The molecule has 168 valence electrons. The molecule has 0 radical (unpaired) electrons. The Kier molecular flexibility index (Phi) is 6.90. The van der Waals surface area contributed by atoms with Gasteiger partial charge in [0.25, 0.3) is 5.91 Å². The average molecular weight is 461 g/mol. The second-order valence-corrected chi connectivity index (χ2v) is 7.80. The lowest BCUT2D eigenvalue weighted by molar-refractivity contribution is -0.353. The van der Waals surface area contributed by atoms with E-state index < -0.39 is 30.4 Å². The van der Waals surface area contributed by atoms with E-state index in [4.69, 9.17) is 16.3 Å². The van der Waals surface area contributed by atoms with Crippen molar-refractivity contribution in [2.45, 2.75) is 44.3 Å². The molecule has 1 saturated carbocycles. The third-order valence-corrected chi connectivity index (χ3v) is 5.20. The molecule has 31 heavy (non-hydrogen) atoms. The molecule has 7 nitrogen and oxygen atoms in total. The van der Waals surface area contributed by atoms with E-state index in [2.05, 4.69) is 21.9 Å². The molecule has 0 spiro atoms. The normalized spacial score (nSPS) is 22.6. The summed E-state index contributed by atoms with van der Waals surface area (Å²) < 4.78 is 45.7. The molecule has 1 aromatic carbocycles. The fourth-order valence-electron chi connectivity index (χ4n) is 3.31. The predicted molar refractivity (Wildman–Crippen MR) is 103 cm³/mol. The molecule has 2 aliphatic rings. The minimum atomic E-state index is -4.70. The van der Waals surface area contributed by atoms with Crippen molar-refractivity contribution in [2.24, 2.45) is 5.92 Å². The number of amides is 2. The zero-order valence-electron chi connectivity index (χ0n) is 16.3. The Labute approximate surface area is 180 Å². The van der Waals surface area contributed by atoms with Crippen LogP contribution in [0.2, 0.25) is 5.02 Å². The van der Waals surface area contributed by atoms with Crippen LogP contribution < -0.4 is 15.4 Å². The van der Waals surface area contributed by atoms with Crippen LogP contribution in [0.4, 0.5) is 13.2 Å². The molecular formula is C20H20ClF3N2O5. The topological polar surface area (TPSA) is 93.7 Å². The third kappa shape index (κ3) is 6.20. The molecule has 3 rings (SSSR count). The number of hydrogen-bond donors (Lipinski definition) is 2. The molecule has 0 aromatic heterocycles. The summed E-state index contributed by atoms with van der Waals surface area (Å²) in [7, 11) is 0. The molecule has 0 bridgehead atoms. The van der Waals surface area contributed by atoms with E-state index in [9.17, 15) is 27.6 Å². The number of hydrogen-bond acceptors (Lipinski definition) is 5. The second kappa shape index (κ2) is 9.27. The lowest BCUT2D eigenvalue weighted by Gasteiger charge is -2.34.